The first kappa shape index (κ1) is 13.1. The lowest BCUT2D eigenvalue weighted by Crippen LogP contribution is -2.33. The minimum atomic E-state index is -0.412. The maximum absolute atomic E-state index is 9.52. The van der Waals surface area contributed by atoms with Gasteiger partial charge in [0.15, 0.2) is 5.79 Å². The molecule has 1 aromatic rings. The van der Waals surface area contributed by atoms with Crippen LogP contribution in [0.2, 0.25) is 0 Å². The van der Waals surface area contributed by atoms with Gasteiger partial charge in [0, 0.05) is 19.3 Å². The fourth-order valence-corrected chi connectivity index (χ4v) is 3.23. The van der Waals surface area contributed by atoms with Gasteiger partial charge in [0.25, 0.3) is 0 Å². The third-order valence-electron chi connectivity index (χ3n) is 4.22. The number of rotatable bonds is 3. The van der Waals surface area contributed by atoms with E-state index in [-0.39, 0.29) is 18.8 Å². The Balaban J connectivity index is 1.70. The average molecular weight is 262 g/mol. The Labute approximate surface area is 114 Å². The van der Waals surface area contributed by atoms with Gasteiger partial charge in [-0.05, 0) is 18.4 Å². The van der Waals surface area contributed by atoms with Crippen molar-refractivity contribution in [3.8, 4) is 0 Å². The summed E-state index contributed by atoms with van der Waals surface area (Å²) in [6.45, 7) is 0.0409. The molecule has 1 saturated heterocycles. The Bertz CT molecular complexity index is 398. The first-order valence-electron chi connectivity index (χ1n) is 7.32. The largest absolute Gasteiger partial charge is 0.394 e. The van der Waals surface area contributed by atoms with Crippen LogP contribution in [0.4, 0.5) is 0 Å². The number of aliphatic hydroxyl groups excluding tert-OH is 1. The van der Waals surface area contributed by atoms with E-state index in [0.29, 0.717) is 0 Å². The topological polar surface area (TPSA) is 38.7 Å². The van der Waals surface area contributed by atoms with Gasteiger partial charge in [0.05, 0.1) is 12.7 Å². The van der Waals surface area contributed by atoms with Gasteiger partial charge < -0.3 is 14.6 Å². The van der Waals surface area contributed by atoms with Crippen molar-refractivity contribution in [2.75, 3.05) is 6.61 Å². The van der Waals surface area contributed by atoms with Crippen LogP contribution >= 0.6 is 0 Å². The third kappa shape index (κ3) is 2.83. The van der Waals surface area contributed by atoms with E-state index in [0.717, 1.165) is 32.1 Å². The lowest BCUT2D eigenvalue weighted by molar-refractivity contribution is -0.195. The average Bonchev–Trinajstić information content (AvgIpc) is 2.78. The molecule has 3 rings (SSSR count). The normalized spacial score (nSPS) is 29.7. The number of aliphatic hydroxyl groups is 1. The molecule has 1 saturated carbocycles. The van der Waals surface area contributed by atoms with Crippen molar-refractivity contribution in [1.82, 2.24) is 0 Å². The van der Waals surface area contributed by atoms with E-state index >= 15 is 0 Å². The van der Waals surface area contributed by atoms with Crippen molar-refractivity contribution in [2.45, 2.75) is 56.5 Å². The first-order valence-corrected chi connectivity index (χ1v) is 7.32. The van der Waals surface area contributed by atoms with E-state index in [2.05, 4.69) is 12.1 Å². The maximum Gasteiger partial charge on any atom is 0.169 e. The van der Waals surface area contributed by atoms with E-state index < -0.39 is 5.79 Å². The minimum Gasteiger partial charge on any atom is -0.394 e. The van der Waals surface area contributed by atoms with E-state index in [1.165, 1.54) is 12.0 Å². The molecule has 1 aliphatic heterocycles. The summed E-state index contributed by atoms with van der Waals surface area (Å²) in [5.41, 5.74) is 1.24. The zero-order valence-corrected chi connectivity index (χ0v) is 11.3. The van der Waals surface area contributed by atoms with Crippen molar-refractivity contribution >= 4 is 0 Å². The highest BCUT2D eigenvalue weighted by Crippen LogP contribution is 2.41. The first-order chi connectivity index (χ1) is 9.31. The zero-order chi connectivity index (χ0) is 13.1. The molecule has 0 amide bonds. The van der Waals surface area contributed by atoms with E-state index in [9.17, 15) is 5.11 Å². The quantitative estimate of drug-likeness (QED) is 0.910. The van der Waals surface area contributed by atoms with Gasteiger partial charge in [-0.15, -0.1) is 0 Å². The second kappa shape index (κ2) is 5.61. The summed E-state index contributed by atoms with van der Waals surface area (Å²) >= 11 is 0. The molecular formula is C16H22O3. The third-order valence-corrected chi connectivity index (χ3v) is 4.22. The smallest absolute Gasteiger partial charge is 0.169 e. The van der Waals surface area contributed by atoms with E-state index in [1.54, 1.807) is 0 Å². The highest BCUT2D eigenvalue weighted by molar-refractivity contribution is 5.16. The fourth-order valence-electron chi connectivity index (χ4n) is 3.23. The fraction of sp³-hybridized carbons (Fsp3) is 0.625. The van der Waals surface area contributed by atoms with Crippen LogP contribution < -0.4 is 0 Å². The van der Waals surface area contributed by atoms with Crippen LogP contribution in [0.25, 0.3) is 0 Å². The predicted octanol–water partition coefficient (Wildman–Crippen LogP) is 2.67. The Hall–Kier alpha value is -0.900. The van der Waals surface area contributed by atoms with Crippen LogP contribution in [0.15, 0.2) is 30.3 Å². The molecule has 0 bridgehead atoms. The van der Waals surface area contributed by atoms with Gasteiger partial charge >= 0.3 is 0 Å². The zero-order valence-electron chi connectivity index (χ0n) is 11.3. The SMILES string of the molecule is OC[C@@H]1OC2(CCCCC2)OC1Cc1ccccc1. The highest BCUT2D eigenvalue weighted by Gasteiger charge is 2.47. The highest BCUT2D eigenvalue weighted by atomic mass is 16.8. The molecule has 2 aliphatic rings. The lowest BCUT2D eigenvalue weighted by Gasteiger charge is -2.32. The Morgan fingerprint density at radius 3 is 2.37 bits per heavy atom. The molecule has 1 aliphatic carbocycles. The summed E-state index contributed by atoms with van der Waals surface area (Å²) in [7, 11) is 0. The summed E-state index contributed by atoms with van der Waals surface area (Å²) in [4.78, 5) is 0. The molecular weight excluding hydrogens is 240 g/mol. The summed E-state index contributed by atoms with van der Waals surface area (Å²) in [5, 5.41) is 9.52. The summed E-state index contributed by atoms with van der Waals surface area (Å²) in [6, 6.07) is 10.3. The Kier molecular flexibility index (Phi) is 3.87. The van der Waals surface area contributed by atoms with Crippen molar-refractivity contribution in [3.63, 3.8) is 0 Å². The summed E-state index contributed by atoms with van der Waals surface area (Å²) in [5.74, 6) is -0.412. The van der Waals surface area contributed by atoms with Crippen molar-refractivity contribution in [2.24, 2.45) is 0 Å². The molecule has 3 heteroatoms. The van der Waals surface area contributed by atoms with Gasteiger partial charge in [-0.1, -0.05) is 36.8 Å². The van der Waals surface area contributed by atoms with Crippen LogP contribution in [-0.2, 0) is 15.9 Å². The molecule has 2 fully saturated rings. The Morgan fingerprint density at radius 2 is 1.68 bits per heavy atom. The second-order valence-electron chi connectivity index (χ2n) is 5.66. The molecule has 1 heterocycles. The van der Waals surface area contributed by atoms with Gasteiger partial charge in [-0.25, -0.2) is 0 Å². The molecule has 1 aromatic carbocycles. The molecule has 19 heavy (non-hydrogen) atoms. The standard InChI is InChI=1S/C16H22O3/c17-12-15-14(11-13-7-3-1-4-8-13)18-16(19-15)9-5-2-6-10-16/h1,3-4,7-8,14-15,17H,2,5-6,9-12H2/t14?,15-/m0/s1. The molecule has 0 radical (unpaired) electrons. The van der Waals surface area contributed by atoms with Crippen LogP contribution in [0.3, 0.4) is 0 Å². The summed E-state index contributed by atoms with van der Waals surface area (Å²) < 4.78 is 12.3. The van der Waals surface area contributed by atoms with E-state index in [1.807, 2.05) is 18.2 Å². The van der Waals surface area contributed by atoms with Crippen LogP contribution in [-0.4, -0.2) is 29.7 Å². The maximum atomic E-state index is 9.52. The van der Waals surface area contributed by atoms with E-state index in [4.69, 9.17) is 9.47 Å². The molecule has 3 nitrogen and oxygen atoms in total. The van der Waals surface area contributed by atoms with Crippen LogP contribution in [0.5, 0.6) is 0 Å². The van der Waals surface area contributed by atoms with Gasteiger partial charge in [0.2, 0.25) is 0 Å². The van der Waals surface area contributed by atoms with Crippen LogP contribution in [0, 0.1) is 0 Å². The van der Waals surface area contributed by atoms with Gasteiger partial charge in [0.1, 0.15) is 6.10 Å². The van der Waals surface area contributed by atoms with Crippen molar-refractivity contribution < 1.29 is 14.6 Å². The second-order valence-corrected chi connectivity index (χ2v) is 5.66. The number of ether oxygens (including phenoxy) is 2. The van der Waals surface area contributed by atoms with Gasteiger partial charge in [-0.3, -0.25) is 0 Å². The van der Waals surface area contributed by atoms with Crippen LogP contribution in [0.1, 0.15) is 37.7 Å². The molecule has 104 valence electrons. The molecule has 2 atom stereocenters. The minimum absolute atomic E-state index is 0.0227. The number of benzene rings is 1. The number of hydrogen-bond donors (Lipinski definition) is 1. The van der Waals surface area contributed by atoms with Crippen molar-refractivity contribution in [3.05, 3.63) is 35.9 Å². The predicted molar refractivity (Wildman–Crippen MR) is 72.8 cm³/mol. The molecule has 0 aromatic heterocycles. The molecule has 1 spiro atoms. The molecule has 1 unspecified atom stereocenters. The summed E-state index contributed by atoms with van der Waals surface area (Å²) in [6.07, 6.45) is 6.13. The van der Waals surface area contributed by atoms with Crippen molar-refractivity contribution in [1.29, 1.82) is 0 Å². The monoisotopic (exact) mass is 262 g/mol. The lowest BCUT2D eigenvalue weighted by atomic mass is 9.94. The molecule has 1 N–H and O–H groups in total. The van der Waals surface area contributed by atoms with Gasteiger partial charge in [-0.2, -0.15) is 0 Å². The number of hydrogen-bond acceptors (Lipinski definition) is 3. The Morgan fingerprint density at radius 1 is 1.00 bits per heavy atom.